The van der Waals surface area contributed by atoms with E-state index in [-0.39, 0.29) is 44.8 Å². The van der Waals surface area contributed by atoms with Gasteiger partial charge in [-0.3, -0.25) is 4.79 Å². The molecule has 0 spiro atoms. The van der Waals surface area contributed by atoms with Gasteiger partial charge in [0.2, 0.25) is 0 Å². The van der Waals surface area contributed by atoms with Crippen molar-refractivity contribution in [3.8, 4) is 17.2 Å². The van der Waals surface area contributed by atoms with Crippen LogP contribution in [-0.2, 0) is 0 Å². The Kier molecular flexibility index (Phi) is 9.85. The average molecular weight is 631 g/mol. The topological polar surface area (TPSA) is 96.0 Å². The van der Waals surface area contributed by atoms with Crippen LogP contribution in [0.3, 0.4) is 0 Å². The number of hydrogen-bond acceptors (Lipinski definition) is 7. The summed E-state index contributed by atoms with van der Waals surface area (Å²) in [6.45, 7) is 7.71. The van der Waals surface area contributed by atoms with E-state index in [0.29, 0.717) is 5.56 Å². The number of benzene rings is 5. The molecule has 0 amide bonds. The van der Waals surface area contributed by atoms with Crippen LogP contribution in [0.25, 0.3) is 0 Å². The normalized spacial score (nSPS) is 10.9. The molecule has 0 aliphatic rings. The third kappa shape index (κ3) is 7.28. The zero-order valence-corrected chi connectivity index (χ0v) is 26.8. The number of hydrogen-bond donors (Lipinski definition) is 0. The Hall–Kier alpha value is -5.39. The molecule has 0 saturated carbocycles. The minimum absolute atomic E-state index is 0.0416. The van der Waals surface area contributed by atoms with Crippen molar-refractivity contribution < 1.29 is 33.4 Å². The first kappa shape index (κ1) is 32.0. The van der Waals surface area contributed by atoms with Crippen LogP contribution in [0.2, 0.25) is 0 Å². The molecular formula is C38H31O7P. The van der Waals surface area contributed by atoms with E-state index in [2.05, 4.69) is 0 Å². The quantitative estimate of drug-likeness (QED) is 0.0935. The SMILES string of the molecule is Cc1cc(C)c(C(=O)Pc2c(OC(=O)c3ccccc3)cc(OC(=O)c3ccccc3)cc2OC(=O)c2ccccc2)c(C)c1C. The van der Waals surface area contributed by atoms with Gasteiger partial charge in [-0.15, -0.1) is 0 Å². The van der Waals surface area contributed by atoms with Gasteiger partial charge >= 0.3 is 17.9 Å². The number of ether oxygens (including phenoxy) is 3. The lowest BCUT2D eigenvalue weighted by Crippen LogP contribution is -2.20. The first-order valence-corrected chi connectivity index (χ1v) is 15.5. The molecule has 0 fully saturated rings. The molecule has 1 atom stereocenters. The number of esters is 3. The summed E-state index contributed by atoms with van der Waals surface area (Å²) in [6.07, 6.45) is 0. The number of carbonyl (C=O) groups excluding carboxylic acids is 4. The maximum absolute atomic E-state index is 14.0. The summed E-state index contributed by atoms with van der Waals surface area (Å²) < 4.78 is 17.4. The second kappa shape index (κ2) is 14.1. The molecule has 1 unspecified atom stereocenters. The molecule has 8 heteroatoms. The van der Waals surface area contributed by atoms with Crippen molar-refractivity contribution in [1.29, 1.82) is 0 Å². The lowest BCUT2D eigenvalue weighted by Gasteiger charge is -2.18. The van der Waals surface area contributed by atoms with Crippen molar-refractivity contribution in [1.82, 2.24) is 0 Å². The summed E-state index contributed by atoms with van der Waals surface area (Å²) in [5.41, 5.74) is 4.82. The van der Waals surface area contributed by atoms with E-state index in [4.69, 9.17) is 14.2 Å². The van der Waals surface area contributed by atoms with Gasteiger partial charge in [0.15, 0.2) is 5.52 Å². The molecule has 0 aromatic heterocycles. The Balaban J connectivity index is 1.63. The largest absolute Gasteiger partial charge is 0.423 e. The Bertz CT molecular complexity index is 1860. The van der Waals surface area contributed by atoms with Gasteiger partial charge in [0.25, 0.3) is 0 Å². The van der Waals surface area contributed by atoms with Gasteiger partial charge in [0, 0.05) is 17.7 Å². The van der Waals surface area contributed by atoms with Crippen LogP contribution in [0.15, 0.2) is 109 Å². The van der Waals surface area contributed by atoms with Gasteiger partial charge in [-0.1, -0.05) is 60.7 Å². The van der Waals surface area contributed by atoms with Crippen LogP contribution >= 0.6 is 8.58 Å². The molecule has 230 valence electrons. The second-order valence-electron chi connectivity index (χ2n) is 10.7. The molecule has 5 rings (SSSR count). The highest BCUT2D eigenvalue weighted by atomic mass is 31.1. The molecule has 5 aromatic rings. The van der Waals surface area contributed by atoms with E-state index in [1.807, 2.05) is 33.8 Å². The minimum Gasteiger partial charge on any atom is -0.423 e. The fourth-order valence-corrected chi connectivity index (χ4v) is 6.15. The van der Waals surface area contributed by atoms with Gasteiger partial charge in [-0.25, -0.2) is 14.4 Å². The Morgan fingerprint density at radius 3 is 1.35 bits per heavy atom. The van der Waals surface area contributed by atoms with Crippen molar-refractivity contribution in [3.05, 3.63) is 154 Å². The van der Waals surface area contributed by atoms with Crippen molar-refractivity contribution in [2.75, 3.05) is 0 Å². The minimum atomic E-state index is -0.704. The highest BCUT2D eigenvalue weighted by Crippen LogP contribution is 2.37. The van der Waals surface area contributed by atoms with Crippen molar-refractivity contribution in [2.45, 2.75) is 27.7 Å². The fourth-order valence-electron chi connectivity index (χ4n) is 4.92. The Labute approximate surface area is 268 Å². The number of aryl methyl sites for hydroxylation is 2. The smallest absolute Gasteiger partial charge is 0.343 e. The maximum atomic E-state index is 14.0. The van der Waals surface area contributed by atoms with E-state index in [0.717, 1.165) is 22.3 Å². The zero-order valence-electron chi connectivity index (χ0n) is 25.8. The standard InChI is InChI=1S/C38H31O7P/c1-23-20-24(2)33(26(4)25(23)3)38(42)46-34-31(44-36(40)28-16-10-6-11-17-28)21-30(43-35(39)27-14-8-5-9-15-27)22-32(34)45-37(41)29-18-12-7-13-19-29/h5-22,46H,1-4H3. The first-order valence-electron chi connectivity index (χ1n) is 14.5. The highest BCUT2D eigenvalue weighted by Gasteiger charge is 2.26. The number of rotatable bonds is 9. The van der Waals surface area contributed by atoms with E-state index in [9.17, 15) is 19.2 Å². The summed E-state index contributed by atoms with van der Waals surface area (Å²) >= 11 is 0. The van der Waals surface area contributed by atoms with E-state index in [1.165, 1.54) is 12.1 Å². The van der Waals surface area contributed by atoms with Crippen LogP contribution in [0.4, 0.5) is 0 Å². The van der Waals surface area contributed by atoms with Crippen LogP contribution in [0.1, 0.15) is 63.7 Å². The summed E-state index contributed by atoms with van der Waals surface area (Å²) in [4.78, 5) is 53.7. The molecule has 0 N–H and O–H groups in total. The van der Waals surface area contributed by atoms with Crippen LogP contribution in [0, 0.1) is 27.7 Å². The average Bonchev–Trinajstić information content (AvgIpc) is 3.06. The van der Waals surface area contributed by atoms with Crippen LogP contribution in [-0.4, -0.2) is 23.4 Å². The van der Waals surface area contributed by atoms with E-state index in [1.54, 1.807) is 91.0 Å². The second-order valence-corrected chi connectivity index (χ2v) is 11.9. The molecular weight excluding hydrogens is 599 g/mol. The molecule has 7 nitrogen and oxygen atoms in total. The van der Waals surface area contributed by atoms with Crippen LogP contribution < -0.4 is 19.5 Å². The monoisotopic (exact) mass is 630 g/mol. The van der Waals surface area contributed by atoms with Gasteiger partial charge in [0.05, 0.1) is 22.0 Å². The summed E-state index contributed by atoms with van der Waals surface area (Å²) in [6, 6.07) is 29.7. The third-order valence-corrected chi connectivity index (χ3v) is 8.73. The molecule has 0 radical (unpaired) electrons. The Morgan fingerprint density at radius 1 is 0.500 bits per heavy atom. The van der Waals surface area contributed by atoms with E-state index >= 15 is 0 Å². The fraction of sp³-hybridized carbons (Fsp3) is 0.105. The molecule has 46 heavy (non-hydrogen) atoms. The van der Waals surface area contributed by atoms with Gasteiger partial charge < -0.3 is 14.2 Å². The van der Waals surface area contributed by atoms with E-state index < -0.39 is 26.5 Å². The van der Waals surface area contributed by atoms with Gasteiger partial charge in [-0.05, 0) is 94.9 Å². The van der Waals surface area contributed by atoms with Gasteiger partial charge in [-0.2, -0.15) is 0 Å². The maximum Gasteiger partial charge on any atom is 0.343 e. The van der Waals surface area contributed by atoms with Crippen LogP contribution in [0.5, 0.6) is 17.2 Å². The zero-order chi connectivity index (χ0) is 32.8. The molecule has 0 aliphatic carbocycles. The van der Waals surface area contributed by atoms with Crippen molar-refractivity contribution in [2.24, 2.45) is 0 Å². The highest BCUT2D eigenvalue weighted by molar-refractivity contribution is 7.66. The summed E-state index contributed by atoms with van der Waals surface area (Å²) in [5, 5.41) is 0.176. The third-order valence-electron chi connectivity index (χ3n) is 7.51. The van der Waals surface area contributed by atoms with Crippen molar-refractivity contribution in [3.63, 3.8) is 0 Å². The molecule has 0 bridgehead atoms. The molecule has 0 aliphatic heterocycles. The van der Waals surface area contributed by atoms with Gasteiger partial charge in [0.1, 0.15) is 17.2 Å². The molecule has 5 aromatic carbocycles. The lowest BCUT2D eigenvalue weighted by atomic mass is 9.95. The Morgan fingerprint density at radius 2 is 0.913 bits per heavy atom. The summed E-state index contributed by atoms with van der Waals surface area (Å²) in [5.74, 6) is -2.27. The predicted octanol–water partition coefficient (Wildman–Crippen LogP) is 7.72. The molecule has 0 heterocycles. The first-order chi connectivity index (χ1) is 22.1. The lowest BCUT2D eigenvalue weighted by molar-refractivity contribution is 0.0732. The summed E-state index contributed by atoms with van der Waals surface area (Å²) in [7, 11) is -0.615. The van der Waals surface area contributed by atoms with Crippen molar-refractivity contribution >= 4 is 37.3 Å². The molecule has 0 saturated heterocycles. The predicted molar refractivity (Wildman–Crippen MR) is 178 cm³/mol. The number of carbonyl (C=O) groups is 4.